The SMILES string of the molecule is N[C@@H]1CCCN(C(=O)c2ccn[nH]2)C1. The predicted molar refractivity (Wildman–Crippen MR) is 51.7 cm³/mol. The van der Waals surface area contributed by atoms with Gasteiger partial charge in [0.05, 0.1) is 0 Å². The van der Waals surface area contributed by atoms with Crippen LogP contribution in [0.4, 0.5) is 0 Å². The molecule has 0 aromatic carbocycles. The van der Waals surface area contributed by atoms with E-state index in [1.165, 1.54) is 0 Å². The second-order valence-electron chi connectivity index (χ2n) is 3.62. The Bertz CT molecular complexity index is 309. The van der Waals surface area contributed by atoms with Gasteiger partial charge in [0.1, 0.15) is 5.69 Å². The summed E-state index contributed by atoms with van der Waals surface area (Å²) in [7, 11) is 0. The van der Waals surface area contributed by atoms with Crippen LogP contribution in [0.5, 0.6) is 0 Å². The minimum atomic E-state index is -0.00218. The Morgan fingerprint density at radius 1 is 1.71 bits per heavy atom. The van der Waals surface area contributed by atoms with Crippen molar-refractivity contribution in [2.45, 2.75) is 18.9 Å². The Balaban J connectivity index is 2.04. The number of aromatic amines is 1. The number of nitrogens with two attached hydrogens (primary N) is 1. The third-order valence-corrected chi connectivity index (χ3v) is 2.48. The second-order valence-corrected chi connectivity index (χ2v) is 3.62. The van der Waals surface area contributed by atoms with E-state index in [4.69, 9.17) is 5.73 Å². The van der Waals surface area contributed by atoms with Crippen LogP contribution in [0.3, 0.4) is 0 Å². The largest absolute Gasteiger partial charge is 0.336 e. The Morgan fingerprint density at radius 2 is 2.57 bits per heavy atom. The van der Waals surface area contributed by atoms with Gasteiger partial charge >= 0.3 is 0 Å². The molecule has 0 saturated carbocycles. The van der Waals surface area contributed by atoms with E-state index < -0.39 is 0 Å². The van der Waals surface area contributed by atoms with E-state index in [1.54, 1.807) is 17.2 Å². The maximum Gasteiger partial charge on any atom is 0.271 e. The van der Waals surface area contributed by atoms with E-state index in [9.17, 15) is 4.79 Å². The summed E-state index contributed by atoms with van der Waals surface area (Å²) < 4.78 is 0. The lowest BCUT2D eigenvalue weighted by atomic mass is 10.1. The van der Waals surface area contributed by atoms with Gasteiger partial charge in [0.25, 0.3) is 5.91 Å². The molecule has 0 bridgehead atoms. The number of carbonyl (C=O) groups excluding carboxylic acids is 1. The van der Waals surface area contributed by atoms with Crippen LogP contribution < -0.4 is 5.73 Å². The summed E-state index contributed by atoms with van der Waals surface area (Å²) >= 11 is 0. The van der Waals surface area contributed by atoms with Crippen LogP contribution in [0, 0.1) is 0 Å². The molecule has 76 valence electrons. The normalized spacial score (nSPS) is 22.4. The summed E-state index contributed by atoms with van der Waals surface area (Å²) in [6.45, 7) is 1.45. The van der Waals surface area contributed by atoms with Crippen LogP contribution in [-0.4, -0.2) is 40.1 Å². The molecule has 1 aliphatic heterocycles. The zero-order valence-electron chi connectivity index (χ0n) is 7.94. The standard InChI is InChI=1S/C9H14N4O/c10-7-2-1-5-13(6-7)9(14)8-3-4-11-12-8/h3-4,7H,1-2,5-6,10H2,(H,11,12)/t7-/m1/s1. The van der Waals surface area contributed by atoms with E-state index >= 15 is 0 Å². The van der Waals surface area contributed by atoms with Gasteiger partial charge in [-0.15, -0.1) is 0 Å². The molecule has 5 heteroatoms. The number of rotatable bonds is 1. The molecule has 1 amide bonds. The van der Waals surface area contributed by atoms with E-state index in [0.29, 0.717) is 12.2 Å². The summed E-state index contributed by atoms with van der Waals surface area (Å²) in [5.74, 6) is -0.00218. The molecule has 5 nitrogen and oxygen atoms in total. The first-order valence-corrected chi connectivity index (χ1v) is 4.81. The minimum absolute atomic E-state index is 0.00218. The van der Waals surface area contributed by atoms with E-state index in [-0.39, 0.29) is 11.9 Å². The van der Waals surface area contributed by atoms with Crippen LogP contribution in [0.25, 0.3) is 0 Å². The molecule has 3 N–H and O–H groups in total. The number of nitrogens with zero attached hydrogens (tertiary/aromatic N) is 2. The van der Waals surface area contributed by atoms with Crippen molar-refractivity contribution in [1.82, 2.24) is 15.1 Å². The molecule has 0 radical (unpaired) electrons. The average Bonchev–Trinajstić information content (AvgIpc) is 2.69. The van der Waals surface area contributed by atoms with Crippen molar-refractivity contribution in [2.75, 3.05) is 13.1 Å². The lowest BCUT2D eigenvalue weighted by Gasteiger charge is -2.30. The topological polar surface area (TPSA) is 75.0 Å². The zero-order valence-corrected chi connectivity index (χ0v) is 7.94. The average molecular weight is 194 g/mol. The maximum atomic E-state index is 11.8. The van der Waals surface area contributed by atoms with E-state index in [0.717, 1.165) is 19.4 Å². The molecule has 0 aliphatic carbocycles. The van der Waals surface area contributed by atoms with Crippen molar-refractivity contribution in [3.63, 3.8) is 0 Å². The molecular formula is C9H14N4O. The summed E-state index contributed by atoms with van der Waals surface area (Å²) in [4.78, 5) is 13.6. The van der Waals surface area contributed by atoms with Gasteiger partial charge in [0.2, 0.25) is 0 Å². The number of hydrogen-bond donors (Lipinski definition) is 2. The van der Waals surface area contributed by atoms with Crippen molar-refractivity contribution in [2.24, 2.45) is 5.73 Å². The fraction of sp³-hybridized carbons (Fsp3) is 0.556. The quantitative estimate of drug-likeness (QED) is 0.659. The molecular weight excluding hydrogens is 180 g/mol. The Kier molecular flexibility index (Phi) is 2.49. The highest BCUT2D eigenvalue weighted by atomic mass is 16.2. The first-order chi connectivity index (χ1) is 6.77. The summed E-state index contributed by atoms with van der Waals surface area (Å²) in [5, 5.41) is 6.42. The molecule has 1 saturated heterocycles. The number of H-pyrrole nitrogens is 1. The second kappa shape index (κ2) is 3.79. The molecule has 14 heavy (non-hydrogen) atoms. The predicted octanol–water partition coefficient (Wildman–Crippen LogP) is -0.0270. The first kappa shape index (κ1) is 9.21. The Morgan fingerprint density at radius 3 is 3.21 bits per heavy atom. The number of nitrogens with one attached hydrogen (secondary N) is 1. The number of carbonyl (C=O) groups is 1. The number of likely N-dealkylation sites (tertiary alicyclic amines) is 1. The number of hydrogen-bond acceptors (Lipinski definition) is 3. The fourth-order valence-corrected chi connectivity index (χ4v) is 1.74. The summed E-state index contributed by atoms with van der Waals surface area (Å²) in [6.07, 6.45) is 3.57. The summed E-state index contributed by atoms with van der Waals surface area (Å²) in [6, 6.07) is 1.80. The number of aromatic nitrogens is 2. The fourth-order valence-electron chi connectivity index (χ4n) is 1.74. The molecule has 2 rings (SSSR count). The molecule has 0 unspecified atom stereocenters. The van der Waals surface area contributed by atoms with Crippen molar-refractivity contribution < 1.29 is 4.79 Å². The highest BCUT2D eigenvalue weighted by Crippen LogP contribution is 2.10. The smallest absolute Gasteiger partial charge is 0.271 e. The molecule has 1 fully saturated rings. The molecule has 2 heterocycles. The molecule has 1 aliphatic rings. The van der Waals surface area contributed by atoms with Gasteiger partial charge in [-0.3, -0.25) is 9.89 Å². The van der Waals surface area contributed by atoms with Crippen molar-refractivity contribution >= 4 is 5.91 Å². The highest BCUT2D eigenvalue weighted by Gasteiger charge is 2.22. The molecule has 1 aromatic rings. The van der Waals surface area contributed by atoms with Gasteiger partial charge in [0, 0.05) is 25.3 Å². The van der Waals surface area contributed by atoms with Crippen molar-refractivity contribution in [3.8, 4) is 0 Å². The van der Waals surface area contributed by atoms with Gasteiger partial charge in [-0.25, -0.2) is 0 Å². The van der Waals surface area contributed by atoms with Crippen LogP contribution >= 0.6 is 0 Å². The van der Waals surface area contributed by atoms with Gasteiger partial charge in [-0.05, 0) is 18.9 Å². The molecule has 1 aromatic heterocycles. The molecule has 1 atom stereocenters. The lowest BCUT2D eigenvalue weighted by molar-refractivity contribution is 0.0703. The first-order valence-electron chi connectivity index (χ1n) is 4.81. The van der Waals surface area contributed by atoms with Crippen LogP contribution in [0.2, 0.25) is 0 Å². The number of amides is 1. The van der Waals surface area contributed by atoms with Gasteiger partial charge in [-0.2, -0.15) is 5.10 Å². The van der Waals surface area contributed by atoms with Crippen molar-refractivity contribution in [1.29, 1.82) is 0 Å². The van der Waals surface area contributed by atoms with Gasteiger partial charge in [0.15, 0.2) is 0 Å². The lowest BCUT2D eigenvalue weighted by Crippen LogP contribution is -2.45. The van der Waals surface area contributed by atoms with Crippen LogP contribution in [0.1, 0.15) is 23.3 Å². The number of piperidine rings is 1. The maximum absolute atomic E-state index is 11.8. The Labute approximate surface area is 82.3 Å². The highest BCUT2D eigenvalue weighted by molar-refractivity contribution is 5.92. The Hall–Kier alpha value is -1.36. The van der Waals surface area contributed by atoms with E-state index in [1.807, 2.05) is 0 Å². The van der Waals surface area contributed by atoms with E-state index in [2.05, 4.69) is 10.2 Å². The monoisotopic (exact) mass is 194 g/mol. The third-order valence-electron chi connectivity index (χ3n) is 2.48. The van der Waals surface area contributed by atoms with Gasteiger partial charge < -0.3 is 10.6 Å². The van der Waals surface area contributed by atoms with Crippen molar-refractivity contribution in [3.05, 3.63) is 18.0 Å². The zero-order chi connectivity index (χ0) is 9.97. The third kappa shape index (κ3) is 1.77. The van der Waals surface area contributed by atoms with Crippen LogP contribution in [-0.2, 0) is 0 Å². The minimum Gasteiger partial charge on any atom is -0.336 e. The summed E-state index contributed by atoms with van der Waals surface area (Å²) in [5.41, 5.74) is 6.34. The van der Waals surface area contributed by atoms with Gasteiger partial charge in [-0.1, -0.05) is 0 Å². The van der Waals surface area contributed by atoms with Crippen LogP contribution in [0.15, 0.2) is 12.3 Å². The molecule has 0 spiro atoms.